The summed E-state index contributed by atoms with van der Waals surface area (Å²) in [6, 6.07) is 18.2. The standard InChI is InChI=1S/C18H12ClN3O2/c19-14-8-6-13(7-9-14)17-16(18(23)24-11-10-20)12-22(21-17)15-4-2-1-3-5-15/h1-9,12H,11H2. The van der Waals surface area contributed by atoms with Gasteiger partial charge in [-0.25, -0.2) is 9.48 Å². The third-order valence-electron chi connectivity index (χ3n) is 3.34. The van der Waals surface area contributed by atoms with Gasteiger partial charge >= 0.3 is 5.97 Å². The van der Waals surface area contributed by atoms with Gasteiger partial charge in [-0.2, -0.15) is 10.4 Å². The number of ether oxygens (including phenoxy) is 1. The van der Waals surface area contributed by atoms with Gasteiger partial charge in [0.15, 0.2) is 6.61 Å². The number of nitrogens with zero attached hydrogens (tertiary/aromatic N) is 3. The van der Waals surface area contributed by atoms with E-state index in [-0.39, 0.29) is 12.2 Å². The number of carbonyl (C=O) groups excluding carboxylic acids is 1. The molecule has 1 heterocycles. The number of hydrogen-bond acceptors (Lipinski definition) is 4. The Bertz CT molecular complexity index is 896. The Labute approximate surface area is 143 Å². The number of benzene rings is 2. The second-order valence-electron chi connectivity index (χ2n) is 4.91. The summed E-state index contributed by atoms with van der Waals surface area (Å²) in [5, 5.41) is 13.7. The zero-order chi connectivity index (χ0) is 16.9. The van der Waals surface area contributed by atoms with Crippen LogP contribution in [0.5, 0.6) is 0 Å². The topological polar surface area (TPSA) is 67.9 Å². The van der Waals surface area contributed by atoms with Crippen molar-refractivity contribution in [3.05, 3.63) is 71.4 Å². The van der Waals surface area contributed by atoms with Gasteiger partial charge in [0.05, 0.1) is 5.69 Å². The van der Waals surface area contributed by atoms with Gasteiger partial charge in [-0.1, -0.05) is 41.9 Å². The molecule has 0 radical (unpaired) electrons. The molecule has 0 N–H and O–H groups in total. The van der Waals surface area contributed by atoms with E-state index < -0.39 is 5.97 Å². The molecule has 0 aliphatic heterocycles. The third kappa shape index (κ3) is 3.29. The van der Waals surface area contributed by atoms with Gasteiger partial charge in [0, 0.05) is 16.8 Å². The van der Waals surface area contributed by atoms with Crippen LogP contribution in [0.25, 0.3) is 16.9 Å². The van der Waals surface area contributed by atoms with Crippen molar-refractivity contribution in [3.8, 4) is 23.0 Å². The van der Waals surface area contributed by atoms with E-state index in [0.29, 0.717) is 10.7 Å². The highest BCUT2D eigenvalue weighted by molar-refractivity contribution is 6.30. The van der Waals surface area contributed by atoms with Crippen LogP contribution in [0.15, 0.2) is 60.8 Å². The molecule has 0 amide bonds. The van der Waals surface area contributed by atoms with Crippen LogP contribution in [0.3, 0.4) is 0 Å². The summed E-state index contributed by atoms with van der Waals surface area (Å²) >= 11 is 5.92. The maximum Gasteiger partial charge on any atom is 0.343 e. The van der Waals surface area contributed by atoms with Crippen molar-refractivity contribution in [3.63, 3.8) is 0 Å². The molecule has 0 aliphatic carbocycles. The average Bonchev–Trinajstić information content (AvgIpc) is 3.06. The minimum absolute atomic E-state index is 0.288. The van der Waals surface area contributed by atoms with Crippen LogP contribution >= 0.6 is 11.6 Å². The summed E-state index contributed by atoms with van der Waals surface area (Å²) < 4.78 is 6.54. The van der Waals surface area contributed by atoms with Gasteiger partial charge < -0.3 is 4.74 Å². The molecule has 0 unspecified atom stereocenters. The molecule has 0 aliphatic rings. The van der Waals surface area contributed by atoms with Gasteiger partial charge in [0.1, 0.15) is 17.3 Å². The molecule has 6 heteroatoms. The zero-order valence-electron chi connectivity index (χ0n) is 12.5. The number of para-hydroxylation sites is 1. The Balaban J connectivity index is 2.08. The fourth-order valence-electron chi connectivity index (χ4n) is 2.23. The number of hydrogen-bond donors (Lipinski definition) is 0. The average molecular weight is 338 g/mol. The van der Waals surface area contributed by atoms with Gasteiger partial charge in [0.2, 0.25) is 0 Å². The first-order valence-electron chi connectivity index (χ1n) is 7.14. The van der Waals surface area contributed by atoms with Crippen molar-refractivity contribution in [1.29, 1.82) is 5.26 Å². The Kier molecular flexibility index (Phi) is 4.59. The van der Waals surface area contributed by atoms with Gasteiger partial charge in [0.25, 0.3) is 0 Å². The largest absolute Gasteiger partial charge is 0.447 e. The van der Waals surface area contributed by atoms with E-state index >= 15 is 0 Å². The zero-order valence-corrected chi connectivity index (χ0v) is 13.3. The Morgan fingerprint density at radius 1 is 1.17 bits per heavy atom. The van der Waals surface area contributed by atoms with Crippen molar-refractivity contribution in [2.45, 2.75) is 0 Å². The number of nitriles is 1. The SMILES string of the molecule is N#CCOC(=O)c1cn(-c2ccccc2)nc1-c1ccc(Cl)cc1. The molecule has 2 aromatic carbocycles. The van der Waals surface area contributed by atoms with Crippen LogP contribution < -0.4 is 0 Å². The number of rotatable bonds is 4. The second-order valence-corrected chi connectivity index (χ2v) is 5.35. The predicted molar refractivity (Wildman–Crippen MR) is 89.9 cm³/mol. The first-order valence-corrected chi connectivity index (χ1v) is 7.52. The van der Waals surface area contributed by atoms with Crippen LogP contribution in [-0.2, 0) is 4.74 Å². The highest BCUT2D eigenvalue weighted by Gasteiger charge is 2.19. The smallest absolute Gasteiger partial charge is 0.343 e. The van der Waals surface area contributed by atoms with Gasteiger partial charge in [-0.05, 0) is 24.3 Å². The molecule has 0 fully saturated rings. The quantitative estimate of drug-likeness (QED) is 0.678. The van der Waals surface area contributed by atoms with Crippen LogP contribution in [-0.4, -0.2) is 22.4 Å². The molecular formula is C18H12ClN3O2. The fourth-order valence-corrected chi connectivity index (χ4v) is 2.36. The third-order valence-corrected chi connectivity index (χ3v) is 3.59. The molecule has 0 saturated heterocycles. The summed E-state index contributed by atoms with van der Waals surface area (Å²) in [7, 11) is 0. The minimum atomic E-state index is -0.594. The molecule has 5 nitrogen and oxygen atoms in total. The van der Waals surface area contributed by atoms with E-state index in [1.165, 1.54) is 0 Å². The number of aromatic nitrogens is 2. The molecule has 0 bridgehead atoms. The van der Waals surface area contributed by atoms with Crippen molar-refractivity contribution >= 4 is 17.6 Å². The van der Waals surface area contributed by atoms with E-state index in [9.17, 15) is 4.79 Å². The van der Waals surface area contributed by atoms with E-state index in [1.807, 2.05) is 30.3 Å². The van der Waals surface area contributed by atoms with Crippen LogP contribution in [0.1, 0.15) is 10.4 Å². The van der Waals surface area contributed by atoms with E-state index in [1.54, 1.807) is 41.2 Å². The molecule has 0 saturated carbocycles. The molecule has 0 atom stereocenters. The number of carbonyl (C=O) groups is 1. The summed E-state index contributed by atoms with van der Waals surface area (Å²) in [5.74, 6) is -0.594. The van der Waals surface area contributed by atoms with Crippen LogP contribution in [0.4, 0.5) is 0 Å². The van der Waals surface area contributed by atoms with Crippen molar-refractivity contribution in [1.82, 2.24) is 9.78 Å². The fraction of sp³-hybridized carbons (Fsp3) is 0.0556. The summed E-state index contributed by atoms with van der Waals surface area (Å²) in [6.07, 6.45) is 1.60. The van der Waals surface area contributed by atoms with E-state index in [4.69, 9.17) is 21.6 Å². The highest BCUT2D eigenvalue weighted by atomic mass is 35.5. The molecule has 24 heavy (non-hydrogen) atoms. The van der Waals surface area contributed by atoms with Crippen LogP contribution in [0.2, 0.25) is 5.02 Å². The van der Waals surface area contributed by atoms with Crippen molar-refractivity contribution in [2.24, 2.45) is 0 Å². The summed E-state index contributed by atoms with van der Waals surface area (Å²) in [4.78, 5) is 12.3. The molecule has 3 rings (SSSR count). The number of esters is 1. The lowest BCUT2D eigenvalue weighted by molar-refractivity contribution is 0.0556. The monoisotopic (exact) mass is 337 g/mol. The Morgan fingerprint density at radius 3 is 2.54 bits per heavy atom. The molecule has 118 valence electrons. The normalized spacial score (nSPS) is 10.2. The van der Waals surface area contributed by atoms with Crippen LogP contribution in [0, 0.1) is 11.3 Å². The predicted octanol–water partition coefficient (Wildman–Crippen LogP) is 3.87. The van der Waals surface area contributed by atoms with E-state index in [2.05, 4.69) is 5.10 Å². The highest BCUT2D eigenvalue weighted by Crippen LogP contribution is 2.25. The van der Waals surface area contributed by atoms with Crippen molar-refractivity contribution < 1.29 is 9.53 Å². The minimum Gasteiger partial charge on any atom is -0.447 e. The summed E-state index contributed by atoms with van der Waals surface area (Å²) in [6.45, 7) is -0.310. The molecule has 1 aromatic heterocycles. The molecule has 3 aromatic rings. The van der Waals surface area contributed by atoms with Gasteiger partial charge in [-0.15, -0.1) is 0 Å². The summed E-state index contributed by atoms with van der Waals surface area (Å²) in [5.41, 5.74) is 2.31. The van der Waals surface area contributed by atoms with Crippen molar-refractivity contribution in [2.75, 3.05) is 6.61 Å². The maximum absolute atomic E-state index is 12.3. The molecular weight excluding hydrogens is 326 g/mol. The Morgan fingerprint density at radius 2 is 1.88 bits per heavy atom. The second kappa shape index (κ2) is 6.99. The van der Waals surface area contributed by atoms with E-state index in [0.717, 1.165) is 11.3 Å². The lowest BCUT2D eigenvalue weighted by atomic mass is 10.1. The number of halogens is 1. The lowest BCUT2D eigenvalue weighted by Crippen LogP contribution is -2.05. The Hall–Kier alpha value is -3.10. The maximum atomic E-state index is 12.3. The first kappa shape index (κ1) is 15.8. The first-order chi connectivity index (χ1) is 11.7. The lowest BCUT2D eigenvalue weighted by Gasteiger charge is -2.02. The van der Waals surface area contributed by atoms with Gasteiger partial charge in [-0.3, -0.25) is 0 Å². The molecule has 0 spiro atoms.